The number of H-pyrrole nitrogens is 2. The summed E-state index contributed by atoms with van der Waals surface area (Å²) in [4.78, 5) is 42.0. The standard InChI is InChI=1S/C11H14N4O3/c1-7(16)4-2-3-5-15-6-12-8-9(15)13-11(18)14-10(8)17/h6H,2-5H2,1H3,(H2,13,14,17,18). The van der Waals surface area contributed by atoms with Crippen molar-refractivity contribution in [2.75, 3.05) is 0 Å². The lowest BCUT2D eigenvalue weighted by Crippen LogP contribution is -2.22. The van der Waals surface area contributed by atoms with Gasteiger partial charge in [-0.05, 0) is 19.8 Å². The normalized spacial score (nSPS) is 10.9. The minimum absolute atomic E-state index is 0.162. The van der Waals surface area contributed by atoms with Crippen LogP contribution in [0.15, 0.2) is 15.9 Å². The Balaban J connectivity index is 2.17. The van der Waals surface area contributed by atoms with E-state index in [2.05, 4.69) is 15.0 Å². The summed E-state index contributed by atoms with van der Waals surface area (Å²) in [7, 11) is 0. The molecular weight excluding hydrogens is 236 g/mol. The molecule has 2 N–H and O–H groups in total. The van der Waals surface area contributed by atoms with Gasteiger partial charge in [0.25, 0.3) is 5.56 Å². The van der Waals surface area contributed by atoms with Crippen LogP contribution < -0.4 is 11.2 Å². The lowest BCUT2D eigenvalue weighted by Gasteiger charge is -2.02. The molecule has 2 aromatic rings. The highest BCUT2D eigenvalue weighted by molar-refractivity contribution is 5.75. The molecule has 96 valence electrons. The van der Waals surface area contributed by atoms with Gasteiger partial charge in [0, 0.05) is 13.0 Å². The molecular formula is C11H14N4O3. The van der Waals surface area contributed by atoms with Gasteiger partial charge in [-0.3, -0.25) is 14.8 Å². The van der Waals surface area contributed by atoms with E-state index in [1.165, 1.54) is 6.33 Å². The Morgan fingerprint density at radius 2 is 2.11 bits per heavy atom. The number of ketones is 1. The average molecular weight is 250 g/mol. The molecule has 0 fully saturated rings. The first kappa shape index (κ1) is 12.3. The number of fused-ring (bicyclic) bond motifs is 1. The monoisotopic (exact) mass is 250 g/mol. The van der Waals surface area contributed by atoms with Gasteiger partial charge < -0.3 is 9.36 Å². The first-order valence-corrected chi connectivity index (χ1v) is 5.75. The molecule has 0 spiro atoms. The van der Waals surface area contributed by atoms with E-state index < -0.39 is 11.2 Å². The molecule has 0 unspecified atom stereocenters. The summed E-state index contributed by atoms with van der Waals surface area (Å²) >= 11 is 0. The van der Waals surface area contributed by atoms with Crippen molar-refractivity contribution < 1.29 is 4.79 Å². The topological polar surface area (TPSA) is 101 Å². The number of hydrogen-bond acceptors (Lipinski definition) is 4. The number of aromatic amines is 2. The smallest absolute Gasteiger partial charge is 0.317 e. The molecule has 2 aromatic heterocycles. The van der Waals surface area contributed by atoms with Crippen LogP contribution in [0, 0.1) is 0 Å². The molecule has 0 aliphatic rings. The van der Waals surface area contributed by atoms with Crippen LogP contribution in [0.4, 0.5) is 0 Å². The molecule has 0 saturated heterocycles. The van der Waals surface area contributed by atoms with E-state index in [9.17, 15) is 14.4 Å². The molecule has 0 atom stereocenters. The highest BCUT2D eigenvalue weighted by Crippen LogP contribution is 2.06. The summed E-state index contributed by atoms with van der Waals surface area (Å²) in [5.74, 6) is 0.162. The number of Topliss-reactive ketones (excluding diaryl/α,β-unsaturated/α-hetero) is 1. The number of nitrogens with one attached hydrogen (secondary N) is 2. The lowest BCUT2D eigenvalue weighted by atomic mass is 10.2. The SMILES string of the molecule is CC(=O)CCCCn1cnc2c(=O)[nH]c(=O)[nH]c21. The molecule has 0 saturated carbocycles. The zero-order valence-corrected chi connectivity index (χ0v) is 10.0. The summed E-state index contributed by atoms with van der Waals surface area (Å²) in [6.07, 6.45) is 3.63. The second kappa shape index (κ2) is 4.99. The van der Waals surface area contributed by atoms with Gasteiger partial charge in [0.05, 0.1) is 6.33 Å². The number of carbonyl (C=O) groups is 1. The van der Waals surface area contributed by atoms with Crippen molar-refractivity contribution >= 4 is 16.9 Å². The fourth-order valence-corrected chi connectivity index (χ4v) is 1.81. The summed E-state index contributed by atoms with van der Waals surface area (Å²) in [5.41, 5.74) is -0.387. The highest BCUT2D eigenvalue weighted by Gasteiger charge is 2.07. The van der Waals surface area contributed by atoms with Crippen molar-refractivity contribution in [3.63, 3.8) is 0 Å². The molecule has 0 radical (unpaired) electrons. The summed E-state index contributed by atoms with van der Waals surface area (Å²) in [6, 6.07) is 0. The van der Waals surface area contributed by atoms with Crippen LogP contribution in [-0.4, -0.2) is 25.3 Å². The van der Waals surface area contributed by atoms with E-state index in [-0.39, 0.29) is 11.3 Å². The molecule has 0 bridgehead atoms. The van der Waals surface area contributed by atoms with Gasteiger partial charge in [0.1, 0.15) is 11.4 Å². The Morgan fingerprint density at radius 1 is 1.33 bits per heavy atom. The third-order valence-electron chi connectivity index (χ3n) is 2.69. The predicted molar refractivity (Wildman–Crippen MR) is 65.5 cm³/mol. The maximum Gasteiger partial charge on any atom is 0.327 e. The first-order valence-electron chi connectivity index (χ1n) is 5.75. The number of nitrogens with zero attached hydrogens (tertiary/aromatic N) is 2. The Hall–Kier alpha value is -2.18. The number of carbonyl (C=O) groups excluding carboxylic acids is 1. The van der Waals surface area contributed by atoms with Crippen LogP contribution in [0.3, 0.4) is 0 Å². The van der Waals surface area contributed by atoms with Crippen LogP contribution in [0.2, 0.25) is 0 Å². The van der Waals surface area contributed by atoms with Crippen LogP contribution in [0.5, 0.6) is 0 Å². The molecule has 0 amide bonds. The van der Waals surface area contributed by atoms with Gasteiger partial charge in [0.15, 0.2) is 5.52 Å². The van der Waals surface area contributed by atoms with Gasteiger partial charge in [-0.25, -0.2) is 9.78 Å². The van der Waals surface area contributed by atoms with Gasteiger partial charge in [0.2, 0.25) is 0 Å². The Morgan fingerprint density at radius 3 is 2.83 bits per heavy atom. The number of unbranched alkanes of at least 4 members (excludes halogenated alkanes) is 1. The lowest BCUT2D eigenvalue weighted by molar-refractivity contribution is -0.117. The highest BCUT2D eigenvalue weighted by atomic mass is 16.2. The van der Waals surface area contributed by atoms with E-state index in [0.717, 1.165) is 12.8 Å². The Kier molecular flexibility index (Phi) is 3.40. The molecule has 2 rings (SSSR count). The van der Waals surface area contributed by atoms with E-state index in [0.29, 0.717) is 18.6 Å². The van der Waals surface area contributed by atoms with Crippen LogP contribution in [0.1, 0.15) is 26.2 Å². The molecule has 2 heterocycles. The van der Waals surface area contributed by atoms with Gasteiger partial charge in [-0.1, -0.05) is 0 Å². The van der Waals surface area contributed by atoms with Crippen molar-refractivity contribution in [2.45, 2.75) is 32.7 Å². The second-order valence-electron chi connectivity index (χ2n) is 4.20. The third kappa shape index (κ3) is 2.55. The van der Waals surface area contributed by atoms with E-state index in [1.807, 2.05) is 0 Å². The zero-order chi connectivity index (χ0) is 13.1. The van der Waals surface area contributed by atoms with Gasteiger partial charge in [-0.2, -0.15) is 0 Å². The van der Waals surface area contributed by atoms with Crippen molar-refractivity contribution in [1.82, 2.24) is 19.5 Å². The summed E-state index contributed by atoms with van der Waals surface area (Å²) in [6.45, 7) is 2.17. The van der Waals surface area contributed by atoms with Crippen molar-refractivity contribution in [3.8, 4) is 0 Å². The zero-order valence-electron chi connectivity index (χ0n) is 10.0. The fraction of sp³-hybridized carbons (Fsp3) is 0.455. The predicted octanol–water partition coefficient (Wildman–Crippen LogP) is 0.172. The summed E-state index contributed by atoms with van der Waals surface area (Å²) in [5, 5.41) is 0. The second-order valence-corrected chi connectivity index (χ2v) is 4.20. The van der Waals surface area contributed by atoms with E-state index in [1.54, 1.807) is 11.5 Å². The number of imidazole rings is 1. The van der Waals surface area contributed by atoms with Crippen molar-refractivity contribution in [3.05, 3.63) is 27.2 Å². The number of hydrogen-bond donors (Lipinski definition) is 2. The first-order chi connectivity index (χ1) is 8.58. The molecule has 0 aliphatic carbocycles. The van der Waals surface area contributed by atoms with Gasteiger partial charge >= 0.3 is 5.69 Å². The quantitative estimate of drug-likeness (QED) is 0.739. The molecule has 0 aromatic carbocycles. The van der Waals surface area contributed by atoms with Crippen LogP contribution in [-0.2, 0) is 11.3 Å². The van der Waals surface area contributed by atoms with Crippen molar-refractivity contribution in [2.24, 2.45) is 0 Å². The summed E-state index contributed by atoms with van der Waals surface area (Å²) < 4.78 is 1.71. The fourth-order valence-electron chi connectivity index (χ4n) is 1.81. The Bertz CT molecular complexity index is 679. The van der Waals surface area contributed by atoms with Gasteiger partial charge in [-0.15, -0.1) is 0 Å². The average Bonchev–Trinajstić information content (AvgIpc) is 2.67. The number of rotatable bonds is 5. The Labute approximate surface area is 102 Å². The van der Waals surface area contributed by atoms with Crippen LogP contribution in [0.25, 0.3) is 11.2 Å². The maximum absolute atomic E-state index is 11.4. The minimum Gasteiger partial charge on any atom is -0.317 e. The third-order valence-corrected chi connectivity index (χ3v) is 2.69. The largest absolute Gasteiger partial charge is 0.327 e. The number of aromatic nitrogens is 4. The molecule has 18 heavy (non-hydrogen) atoms. The van der Waals surface area contributed by atoms with Crippen LogP contribution >= 0.6 is 0 Å². The molecule has 7 heteroatoms. The minimum atomic E-state index is -0.544. The van der Waals surface area contributed by atoms with E-state index in [4.69, 9.17) is 0 Å². The van der Waals surface area contributed by atoms with Crippen molar-refractivity contribution in [1.29, 1.82) is 0 Å². The molecule has 7 nitrogen and oxygen atoms in total. The number of aryl methyl sites for hydroxylation is 1. The molecule has 0 aliphatic heterocycles. The maximum atomic E-state index is 11.4. The van der Waals surface area contributed by atoms with E-state index >= 15 is 0 Å².